The summed E-state index contributed by atoms with van der Waals surface area (Å²) in [6, 6.07) is 1.63. The van der Waals surface area contributed by atoms with Crippen molar-refractivity contribution in [2.24, 2.45) is 7.05 Å². The van der Waals surface area contributed by atoms with Crippen molar-refractivity contribution in [1.29, 1.82) is 0 Å². The lowest BCUT2D eigenvalue weighted by molar-refractivity contribution is 0.601. The third-order valence-electron chi connectivity index (χ3n) is 2.73. The molecular weight excluding hydrogens is 278 g/mol. The van der Waals surface area contributed by atoms with Crippen molar-refractivity contribution in [1.82, 2.24) is 20.1 Å². The van der Waals surface area contributed by atoms with Gasteiger partial charge in [-0.3, -0.25) is 9.40 Å². The fourth-order valence-electron chi connectivity index (χ4n) is 1.76. The van der Waals surface area contributed by atoms with Crippen LogP contribution in [0.3, 0.4) is 0 Å². The highest BCUT2D eigenvalue weighted by Gasteiger charge is 2.16. The number of anilines is 1. The molecule has 0 spiro atoms. The third-order valence-corrected chi connectivity index (χ3v) is 4.09. The Morgan fingerprint density at radius 2 is 2.25 bits per heavy atom. The zero-order valence-corrected chi connectivity index (χ0v) is 12.4. The Hall–Kier alpha value is -1.80. The molecule has 2 aromatic heterocycles. The molecule has 0 saturated carbocycles. The molecule has 0 aromatic carbocycles. The zero-order chi connectivity index (χ0) is 14.6. The lowest BCUT2D eigenvalue weighted by atomic mass is 10.4. The molecule has 0 unspecified atom stereocenters. The first-order valence-electron chi connectivity index (χ1n) is 6.41. The minimum absolute atomic E-state index is 0.217. The Balaban J connectivity index is 2.06. The number of hydrogen-bond acceptors (Lipinski definition) is 4. The summed E-state index contributed by atoms with van der Waals surface area (Å²) in [6.45, 7) is 3.60. The van der Waals surface area contributed by atoms with Gasteiger partial charge in [0.1, 0.15) is 4.90 Å². The monoisotopic (exact) mass is 297 g/mol. The second-order valence-corrected chi connectivity index (χ2v) is 6.23. The zero-order valence-electron chi connectivity index (χ0n) is 11.5. The fourth-order valence-corrected chi connectivity index (χ4v) is 2.81. The predicted molar refractivity (Wildman–Crippen MR) is 76.8 cm³/mol. The van der Waals surface area contributed by atoms with E-state index in [1.54, 1.807) is 19.3 Å². The largest absolute Gasteiger partial charge is 0.363 e. The Kier molecular flexibility index (Phi) is 4.46. The van der Waals surface area contributed by atoms with Crippen LogP contribution in [0.25, 0.3) is 0 Å². The quantitative estimate of drug-likeness (QED) is 0.666. The average Bonchev–Trinajstić information content (AvgIpc) is 2.99. The summed E-state index contributed by atoms with van der Waals surface area (Å²) in [5.41, 5.74) is 1.28. The van der Waals surface area contributed by atoms with Crippen LogP contribution >= 0.6 is 0 Å². The summed E-state index contributed by atoms with van der Waals surface area (Å²) in [6.07, 6.45) is 5.60. The SMILES string of the molecule is CCCNCc1cc(S(=O)(=O)Nc2cnn(C)c2)c[nH]1. The molecule has 110 valence electrons. The Morgan fingerprint density at radius 1 is 1.45 bits per heavy atom. The fraction of sp³-hybridized carbons (Fsp3) is 0.417. The van der Waals surface area contributed by atoms with Crippen LogP contribution in [0.15, 0.2) is 29.6 Å². The highest BCUT2D eigenvalue weighted by Crippen LogP contribution is 2.16. The van der Waals surface area contributed by atoms with Gasteiger partial charge in [0.05, 0.1) is 11.9 Å². The summed E-state index contributed by atoms with van der Waals surface area (Å²) >= 11 is 0. The van der Waals surface area contributed by atoms with Crippen molar-refractivity contribution < 1.29 is 8.42 Å². The first-order valence-corrected chi connectivity index (χ1v) is 7.89. The molecule has 0 aliphatic rings. The summed E-state index contributed by atoms with van der Waals surface area (Å²) in [4.78, 5) is 3.18. The molecule has 0 radical (unpaired) electrons. The van der Waals surface area contributed by atoms with Crippen molar-refractivity contribution in [3.63, 3.8) is 0 Å². The normalized spacial score (nSPS) is 11.7. The topological polar surface area (TPSA) is 91.8 Å². The van der Waals surface area contributed by atoms with Gasteiger partial charge < -0.3 is 10.3 Å². The first kappa shape index (κ1) is 14.6. The molecular formula is C12H19N5O2S. The molecule has 0 atom stereocenters. The van der Waals surface area contributed by atoms with Gasteiger partial charge in [-0.25, -0.2) is 8.42 Å². The number of nitrogens with zero attached hydrogens (tertiary/aromatic N) is 2. The highest BCUT2D eigenvalue weighted by molar-refractivity contribution is 7.92. The number of aryl methyl sites for hydroxylation is 1. The first-order chi connectivity index (χ1) is 9.51. The van der Waals surface area contributed by atoms with Crippen LogP contribution in [-0.2, 0) is 23.6 Å². The van der Waals surface area contributed by atoms with E-state index in [0.717, 1.165) is 18.7 Å². The van der Waals surface area contributed by atoms with E-state index < -0.39 is 10.0 Å². The summed E-state index contributed by atoms with van der Waals surface area (Å²) < 4.78 is 28.4. The van der Waals surface area contributed by atoms with Crippen molar-refractivity contribution >= 4 is 15.7 Å². The molecule has 2 rings (SSSR count). The van der Waals surface area contributed by atoms with Gasteiger partial charge in [-0.1, -0.05) is 6.92 Å². The lowest BCUT2D eigenvalue weighted by Gasteiger charge is -2.02. The summed E-state index contributed by atoms with van der Waals surface area (Å²) in [7, 11) is -1.84. The van der Waals surface area contributed by atoms with Gasteiger partial charge in [0, 0.05) is 31.7 Å². The molecule has 3 N–H and O–H groups in total. The molecule has 2 aromatic rings. The van der Waals surface area contributed by atoms with Crippen molar-refractivity contribution in [2.75, 3.05) is 11.3 Å². The van der Waals surface area contributed by atoms with E-state index in [-0.39, 0.29) is 4.90 Å². The molecule has 7 nitrogen and oxygen atoms in total. The maximum atomic E-state index is 12.2. The summed E-state index contributed by atoms with van der Waals surface area (Å²) in [5, 5.41) is 7.13. The standard InChI is InChI=1S/C12H19N5O2S/c1-3-4-13-6-10-5-12(8-14-10)20(18,19)16-11-7-15-17(2)9-11/h5,7-9,13-14,16H,3-4,6H2,1-2H3. The van der Waals surface area contributed by atoms with E-state index in [2.05, 4.69) is 27.0 Å². The lowest BCUT2D eigenvalue weighted by Crippen LogP contribution is -2.14. The number of rotatable bonds is 7. The Bertz CT molecular complexity index is 659. The minimum atomic E-state index is -3.57. The van der Waals surface area contributed by atoms with E-state index >= 15 is 0 Å². The molecule has 0 bridgehead atoms. The number of aromatic nitrogens is 3. The van der Waals surface area contributed by atoms with E-state index in [9.17, 15) is 8.42 Å². The molecule has 8 heteroatoms. The van der Waals surface area contributed by atoms with Gasteiger partial charge in [0.2, 0.25) is 0 Å². The van der Waals surface area contributed by atoms with Crippen LogP contribution in [0.4, 0.5) is 5.69 Å². The molecule has 0 amide bonds. The van der Waals surface area contributed by atoms with Gasteiger partial charge in [0.25, 0.3) is 10.0 Å². The number of hydrogen-bond donors (Lipinski definition) is 3. The average molecular weight is 297 g/mol. The van der Waals surface area contributed by atoms with Gasteiger partial charge in [-0.15, -0.1) is 0 Å². The van der Waals surface area contributed by atoms with Crippen LogP contribution < -0.4 is 10.0 Å². The minimum Gasteiger partial charge on any atom is -0.363 e. The second-order valence-electron chi connectivity index (χ2n) is 4.55. The maximum absolute atomic E-state index is 12.2. The smallest absolute Gasteiger partial charge is 0.263 e. The van der Waals surface area contributed by atoms with Gasteiger partial charge in [-0.2, -0.15) is 5.10 Å². The number of nitrogens with one attached hydrogen (secondary N) is 3. The maximum Gasteiger partial charge on any atom is 0.263 e. The summed E-state index contributed by atoms with van der Waals surface area (Å²) in [5.74, 6) is 0. The number of aromatic amines is 1. The van der Waals surface area contributed by atoms with Crippen LogP contribution in [0.2, 0.25) is 0 Å². The van der Waals surface area contributed by atoms with Crippen LogP contribution in [0.1, 0.15) is 19.0 Å². The molecule has 0 fully saturated rings. The number of sulfonamides is 1. The van der Waals surface area contributed by atoms with E-state index in [1.165, 1.54) is 17.1 Å². The van der Waals surface area contributed by atoms with Gasteiger partial charge >= 0.3 is 0 Å². The predicted octanol–water partition coefficient (Wildman–Crippen LogP) is 1.05. The highest BCUT2D eigenvalue weighted by atomic mass is 32.2. The molecule has 0 saturated heterocycles. The van der Waals surface area contributed by atoms with E-state index in [0.29, 0.717) is 12.2 Å². The number of H-pyrrole nitrogens is 1. The van der Waals surface area contributed by atoms with E-state index in [1.807, 2.05) is 0 Å². The molecule has 0 aliphatic carbocycles. The van der Waals surface area contributed by atoms with Crippen LogP contribution in [0.5, 0.6) is 0 Å². The second kappa shape index (κ2) is 6.10. The Morgan fingerprint density at radius 3 is 2.90 bits per heavy atom. The van der Waals surface area contributed by atoms with Gasteiger partial charge in [0.15, 0.2) is 0 Å². The van der Waals surface area contributed by atoms with Crippen molar-refractivity contribution in [3.05, 3.63) is 30.4 Å². The van der Waals surface area contributed by atoms with Gasteiger partial charge in [-0.05, 0) is 19.0 Å². The third kappa shape index (κ3) is 3.61. The molecule has 0 aliphatic heterocycles. The van der Waals surface area contributed by atoms with Crippen LogP contribution in [0, 0.1) is 0 Å². The van der Waals surface area contributed by atoms with Crippen molar-refractivity contribution in [2.45, 2.75) is 24.8 Å². The van der Waals surface area contributed by atoms with Crippen molar-refractivity contribution in [3.8, 4) is 0 Å². The van der Waals surface area contributed by atoms with Crippen LogP contribution in [-0.4, -0.2) is 29.7 Å². The molecule has 2 heterocycles. The van der Waals surface area contributed by atoms with E-state index in [4.69, 9.17) is 0 Å². The molecule has 20 heavy (non-hydrogen) atoms. The Labute approximate surface area is 118 Å².